The van der Waals surface area contributed by atoms with Gasteiger partial charge in [-0.25, -0.2) is 0 Å². The lowest BCUT2D eigenvalue weighted by Crippen LogP contribution is -2.58. The molecule has 0 aromatic carbocycles. The number of likely N-dealkylation sites (tertiary alicyclic amines) is 1. The number of fused-ring (bicyclic) bond motifs is 1. The molecule has 2 aliphatic rings. The molecule has 0 N–H and O–H groups in total. The highest BCUT2D eigenvalue weighted by atomic mass is 16.5. The van der Waals surface area contributed by atoms with E-state index in [1.54, 1.807) is 36.4 Å². The summed E-state index contributed by atoms with van der Waals surface area (Å²) in [5.41, 5.74) is 1.59. The SMILES string of the molecule is Cn1nccc1C(=O)N1CC[C@@H]2OCCC[C@@]2(COCc2ccncc2)C1. The van der Waals surface area contributed by atoms with Crippen molar-refractivity contribution in [1.29, 1.82) is 0 Å². The Labute approximate surface area is 159 Å². The average Bonchev–Trinajstić information content (AvgIpc) is 3.13. The highest BCUT2D eigenvalue weighted by Gasteiger charge is 2.47. The number of carbonyl (C=O) groups is 1. The van der Waals surface area contributed by atoms with Crippen LogP contribution in [0.1, 0.15) is 35.3 Å². The van der Waals surface area contributed by atoms with Crippen molar-refractivity contribution in [1.82, 2.24) is 19.7 Å². The fraction of sp³-hybridized carbons (Fsp3) is 0.550. The lowest BCUT2D eigenvalue weighted by atomic mass is 9.73. The minimum atomic E-state index is -0.141. The van der Waals surface area contributed by atoms with E-state index in [1.165, 1.54) is 0 Å². The third-order valence-electron chi connectivity index (χ3n) is 5.72. The van der Waals surface area contributed by atoms with Gasteiger partial charge in [-0.2, -0.15) is 5.10 Å². The van der Waals surface area contributed by atoms with E-state index in [-0.39, 0.29) is 17.4 Å². The van der Waals surface area contributed by atoms with E-state index in [2.05, 4.69) is 10.1 Å². The first-order valence-electron chi connectivity index (χ1n) is 9.53. The molecule has 27 heavy (non-hydrogen) atoms. The van der Waals surface area contributed by atoms with Gasteiger partial charge < -0.3 is 14.4 Å². The number of nitrogens with zero attached hydrogens (tertiary/aromatic N) is 4. The van der Waals surface area contributed by atoms with Gasteiger partial charge in [0.25, 0.3) is 5.91 Å². The minimum Gasteiger partial charge on any atom is -0.377 e. The number of hydrogen-bond donors (Lipinski definition) is 0. The van der Waals surface area contributed by atoms with E-state index in [9.17, 15) is 4.79 Å². The topological polar surface area (TPSA) is 69.5 Å². The molecular formula is C20H26N4O3. The molecule has 2 aromatic rings. The number of amides is 1. The molecule has 0 radical (unpaired) electrons. The van der Waals surface area contributed by atoms with Gasteiger partial charge in [-0.3, -0.25) is 14.5 Å². The molecule has 2 aromatic heterocycles. The molecule has 144 valence electrons. The summed E-state index contributed by atoms with van der Waals surface area (Å²) < 4.78 is 13.8. The molecule has 2 fully saturated rings. The Balaban J connectivity index is 1.46. The largest absolute Gasteiger partial charge is 0.377 e. The Hall–Kier alpha value is -2.25. The number of piperidine rings is 1. The fourth-order valence-corrected chi connectivity index (χ4v) is 4.27. The zero-order valence-corrected chi connectivity index (χ0v) is 15.7. The third kappa shape index (κ3) is 3.75. The second-order valence-electron chi connectivity index (χ2n) is 7.53. The molecule has 4 heterocycles. The molecule has 2 saturated heterocycles. The van der Waals surface area contributed by atoms with Gasteiger partial charge >= 0.3 is 0 Å². The van der Waals surface area contributed by atoms with Crippen molar-refractivity contribution in [3.8, 4) is 0 Å². The number of hydrogen-bond acceptors (Lipinski definition) is 5. The van der Waals surface area contributed by atoms with E-state index in [0.717, 1.165) is 31.4 Å². The Kier molecular flexibility index (Phi) is 5.22. The Morgan fingerprint density at radius 1 is 1.33 bits per heavy atom. The van der Waals surface area contributed by atoms with Crippen LogP contribution in [0, 0.1) is 5.41 Å². The summed E-state index contributed by atoms with van der Waals surface area (Å²) in [6, 6.07) is 5.70. The van der Waals surface area contributed by atoms with E-state index >= 15 is 0 Å². The van der Waals surface area contributed by atoms with Gasteiger partial charge in [0, 0.05) is 50.7 Å². The van der Waals surface area contributed by atoms with Crippen LogP contribution in [0.2, 0.25) is 0 Å². The van der Waals surface area contributed by atoms with Crippen molar-refractivity contribution in [3.63, 3.8) is 0 Å². The van der Waals surface area contributed by atoms with Gasteiger partial charge in [0.05, 0.1) is 19.3 Å². The predicted molar refractivity (Wildman–Crippen MR) is 99.0 cm³/mol. The molecule has 0 saturated carbocycles. The Morgan fingerprint density at radius 2 is 2.19 bits per heavy atom. The molecule has 4 rings (SSSR count). The minimum absolute atomic E-state index is 0.0348. The van der Waals surface area contributed by atoms with Crippen LogP contribution < -0.4 is 0 Å². The molecule has 0 spiro atoms. The van der Waals surface area contributed by atoms with E-state index in [0.29, 0.717) is 32.0 Å². The molecule has 2 atom stereocenters. The Bertz CT molecular complexity index is 779. The summed E-state index contributed by atoms with van der Waals surface area (Å²) in [6.45, 7) is 3.31. The molecule has 2 aliphatic heterocycles. The van der Waals surface area contributed by atoms with Crippen molar-refractivity contribution < 1.29 is 14.3 Å². The zero-order valence-electron chi connectivity index (χ0n) is 15.7. The monoisotopic (exact) mass is 370 g/mol. The van der Waals surface area contributed by atoms with Crippen LogP contribution in [0.3, 0.4) is 0 Å². The summed E-state index contributed by atoms with van der Waals surface area (Å²) in [5.74, 6) is 0.0348. The maximum absolute atomic E-state index is 13.0. The lowest BCUT2D eigenvalue weighted by molar-refractivity contribution is -0.148. The maximum Gasteiger partial charge on any atom is 0.272 e. The standard InChI is InChI=1S/C20H26N4O3/c1-23-17(5-10-22-23)19(25)24-11-6-18-20(14-24,7-2-12-27-18)15-26-13-16-3-8-21-9-4-16/h3-5,8-10,18H,2,6-7,11-15H2,1H3/t18-,20-/m0/s1. The van der Waals surface area contributed by atoms with Crippen LogP contribution in [0.25, 0.3) is 0 Å². The van der Waals surface area contributed by atoms with Gasteiger partial charge in [-0.1, -0.05) is 0 Å². The summed E-state index contributed by atoms with van der Waals surface area (Å²) >= 11 is 0. The lowest BCUT2D eigenvalue weighted by Gasteiger charge is -2.50. The van der Waals surface area contributed by atoms with Crippen molar-refractivity contribution in [2.75, 3.05) is 26.3 Å². The quantitative estimate of drug-likeness (QED) is 0.806. The second kappa shape index (κ2) is 7.78. The molecule has 0 aliphatic carbocycles. The Morgan fingerprint density at radius 3 is 2.96 bits per heavy atom. The second-order valence-corrected chi connectivity index (χ2v) is 7.53. The third-order valence-corrected chi connectivity index (χ3v) is 5.72. The fourth-order valence-electron chi connectivity index (χ4n) is 4.27. The highest BCUT2D eigenvalue weighted by Crippen LogP contribution is 2.41. The van der Waals surface area contributed by atoms with Crippen molar-refractivity contribution in [2.24, 2.45) is 12.5 Å². The summed E-state index contributed by atoms with van der Waals surface area (Å²) in [6.07, 6.45) is 8.24. The van der Waals surface area contributed by atoms with Crippen LogP contribution in [-0.2, 0) is 23.1 Å². The highest BCUT2D eigenvalue weighted by molar-refractivity contribution is 5.92. The normalized spacial score (nSPS) is 25.2. The van der Waals surface area contributed by atoms with Crippen LogP contribution in [0.4, 0.5) is 0 Å². The van der Waals surface area contributed by atoms with Crippen LogP contribution in [0.5, 0.6) is 0 Å². The smallest absolute Gasteiger partial charge is 0.272 e. The van der Waals surface area contributed by atoms with Crippen molar-refractivity contribution in [2.45, 2.75) is 32.0 Å². The molecule has 1 amide bonds. The number of aromatic nitrogens is 3. The van der Waals surface area contributed by atoms with Crippen molar-refractivity contribution in [3.05, 3.63) is 48.0 Å². The summed E-state index contributed by atoms with van der Waals surface area (Å²) in [4.78, 5) is 19.0. The number of rotatable bonds is 5. The number of ether oxygens (including phenoxy) is 2. The van der Waals surface area contributed by atoms with Gasteiger partial charge in [0.15, 0.2) is 0 Å². The van der Waals surface area contributed by atoms with Crippen LogP contribution in [-0.4, -0.2) is 58.0 Å². The maximum atomic E-state index is 13.0. The van der Waals surface area contributed by atoms with E-state index in [1.807, 2.05) is 17.0 Å². The molecule has 0 bridgehead atoms. The van der Waals surface area contributed by atoms with E-state index in [4.69, 9.17) is 9.47 Å². The van der Waals surface area contributed by atoms with Gasteiger partial charge in [0.1, 0.15) is 5.69 Å². The van der Waals surface area contributed by atoms with Crippen LogP contribution >= 0.6 is 0 Å². The predicted octanol–water partition coefficient (Wildman–Crippen LogP) is 2.04. The average molecular weight is 370 g/mol. The van der Waals surface area contributed by atoms with Gasteiger partial charge in [0.2, 0.25) is 0 Å². The summed E-state index contributed by atoms with van der Waals surface area (Å²) in [7, 11) is 1.80. The van der Waals surface area contributed by atoms with Gasteiger partial charge in [-0.15, -0.1) is 0 Å². The van der Waals surface area contributed by atoms with E-state index < -0.39 is 0 Å². The number of pyridine rings is 1. The molecular weight excluding hydrogens is 344 g/mol. The first-order valence-corrected chi connectivity index (χ1v) is 9.53. The molecule has 0 unspecified atom stereocenters. The molecule has 7 heteroatoms. The first kappa shape index (κ1) is 18.1. The van der Waals surface area contributed by atoms with Gasteiger partial charge in [-0.05, 0) is 43.0 Å². The molecule has 7 nitrogen and oxygen atoms in total. The number of carbonyl (C=O) groups excluding carboxylic acids is 1. The van der Waals surface area contributed by atoms with Crippen LogP contribution in [0.15, 0.2) is 36.8 Å². The first-order chi connectivity index (χ1) is 13.2. The van der Waals surface area contributed by atoms with Crippen molar-refractivity contribution >= 4 is 5.91 Å². The zero-order chi connectivity index (χ0) is 18.7. The summed E-state index contributed by atoms with van der Waals surface area (Å²) in [5, 5.41) is 4.13. The number of aryl methyl sites for hydroxylation is 1.